The summed E-state index contributed by atoms with van der Waals surface area (Å²) in [6, 6.07) is 0. The second-order valence-corrected chi connectivity index (χ2v) is 9.65. The van der Waals surface area contributed by atoms with Gasteiger partial charge in [-0.25, -0.2) is 8.42 Å². The number of carbonyl (C=O) groups excluding carboxylic acids is 1. The molecule has 3 heterocycles. The molecule has 0 radical (unpaired) electrons. The van der Waals surface area contributed by atoms with Crippen molar-refractivity contribution < 1.29 is 13.2 Å². The van der Waals surface area contributed by atoms with Crippen LogP contribution in [0.15, 0.2) is 17.3 Å². The summed E-state index contributed by atoms with van der Waals surface area (Å²) in [6.07, 6.45) is 3.66. The first-order valence-electron chi connectivity index (χ1n) is 8.66. The van der Waals surface area contributed by atoms with E-state index < -0.39 is 10.0 Å². The molecule has 1 amide bonds. The van der Waals surface area contributed by atoms with Crippen LogP contribution < -0.4 is 0 Å². The van der Waals surface area contributed by atoms with Crippen LogP contribution in [0.25, 0.3) is 0 Å². The number of sulfonamides is 1. The van der Waals surface area contributed by atoms with Gasteiger partial charge in [-0.05, 0) is 36.4 Å². The number of carbonyl (C=O) groups is 1. The van der Waals surface area contributed by atoms with Crippen molar-refractivity contribution in [1.29, 1.82) is 0 Å². The van der Waals surface area contributed by atoms with Crippen LogP contribution >= 0.6 is 22.6 Å². The number of amides is 1. The number of halogens is 1. The molecule has 0 atom stereocenters. The molecule has 27 heavy (non-hydrogen) atoms. The van der Waals surface area contributed by atoms with Gasteiger partial charge in [0.2, 0.25) is 15.9 Å². The number of aromatic nitrogens is 4. The molecule has 0 spiro atoms. The fraction of sp³-hybridized carbons (Fsp3) is 0.562. The molecule has 2 aromatic heterocycles. The Hall–Kier alpha value is -1.47. The highest BCUT2D eigenvalue weighted by Gasteiger charge is 2.32. The molecule has 0 aliphatic carbocycles. The van der Waals surface area contributed by atoms with Crippen molar-refractivity contribution in [2.75, 3.05) is 26.2 Å². The third-order valence-electron chi connectivity index (χ3n) is 4.84. The average molecular weight is 506 g/mol. The second-order valence-electron chi connectivity index (χ2n) is 6.58. The lowest BCUT2D eigenvalue weighted by molar-refractivity contribution is -0.132. The Kier molecular flexibility index (Phi) is 5.91. The zero-order valence-corrected chi connectivity index (χ0v) is 18.6. The fourth-order valence-electron chi connectivity index (χ4n) is 3.03. The molecule has 1 saturated heterocycles. The average Bonchev–Trinajstić information content (AvgIpc) is 3.15. The van der Waals surface area contributed by atoms with Crippen LogP contribution in [0.4, 0.5) is 0 Å². The summed E-state index contributed by atoms with van der Waals surface area (Å²) in [7, 11) is -1.87. The largest absolute Gasteiger partial charge is 0.340 e. The number of piperazine rings is 1. The minimum absolute atomic E-state index is 0.0211. The van der Waals surface area contributed by atoms with E-state index in [0.29, 0.717) is 44.8 Å². The minimum Gasteiger partial charge on any atom is -0.340 e. The second kappa shape index (κ2) is 7.87. The molecule has 148 valence electrons. The summed E-state index contributed by atoms with van der Waals surface area (Å²) in [5.74, 6) is 0.0211. The molecular weight excluding hydrogens is 483 g/mol. The van der Waals surface area contributed by atoms with Gasteiger partial charge < -0.3 is 4.90 Å². The van der Waals surface area contributed by atoms with Gasteiger partial charge in [0.1, 0.15) is 4.90 Å². The summed E-state index contributed by atoms with van der Waals surface area (Å²) in [5.41, 5.74) is 1.56. The summed E-state index contributed by atoms with van der Waals surface area (Å²) in [5, 5.41) is 8.38. The molecule has 11 heteroatoms. The van der Waals surface area contributed by atoms with E-state index in [-0.39, 0.29) is 10.8 Å². The van der Waals surface area contributed by atoms with E-state index in [0.717, 1.165) is 9.26 Å². The van der Waals surface area contributed by atoms with Gasteiger partial charge in [0.25, 0.3) is 0 Å². The van der Waals surface area contributed by atoms with E-state index in [1.165, 1.54) is 10.5 Å². The molecule has 0 unspecified atom stereocenters. The van der Waals surface area contributed by atoms with Gasteiger partial charge in [0.05, 0.1) is 21.2 Å². The lowest BCUT2D eigenvalue weighted by atomic mass is 10.3. The van der Waals surface area contributed by atoms with Crippen LogP contribution in [0.5, 0.6) is 0 Å². The maximum atomic E-state index is 12.8. The van der Waals surface area contributed by atoms with Gasteiger partial charge in [-0.2, -0.15) is 14.5 Å². The molecule has 0 bridgehead atoms. The Bertz CT molecular complexity index is 924. The molecule has 0 N–H and O–H groups in total. The Morgan fingerprint density at radius 2 is 1.89 bits per heavy atom. The first-order chi connectivity index (χ1) is 12.7. The van der Waals surface area contributed by atoms with E-state index >= 15 is 0 Å². The maximum absolute atomic E-state index is 12.8. The summed E-state index contributed by atoms with van der Waals surface area (Å²) < 4.78 is 31.4. The molecule has 1 aliphatic heterocycles. The summed E-state index contributed by atoms with van der Waals surface area (Å²) in [6.45, 7) is 5.57. The molecule has 0 aromatic carbocycles. The normalized spacial score (nSPS) is 16.1. The molecular formula is C16H23IN6O3S. The highest BCUT2D eigenvalue weighted by molar-refractivity contribution is 14.1. The smallest absolute Gasteiger partial charge is 0.246 e. The first-order valence-corrected chi connectivity index (χ1v) is 11.2. The Labute approximate surface area is 172 Å². The van der Waals surface area contributed by atoms with Crippen molar-refractivity contribution in [2.45, 2.75) is 31.7 Å². The molecule has 9 nitrogen and oxygen atoms in total. The number of hydrogen-bond donors (Lipinski definition) is 0. The van der Waals surface area contributed by atoms with Crippen molar-refractivity contribution in [3.05, 3.63) is 27.4 Å². The number of rotatable bonds is 5. The number of nitrogens with zero attached hydrogens (tertiary/aromatic N) is 6. The van der Waals surface area contributed by atoms with Crippen molar-refractivity contribution in [3.8, 4) is 0 Å². The van der Waals surface area contributed by atoms with Gasteiger partial charge in [-0.15, -0.1) is 0 Å². The fourth-order valence-corrected chi connectivity index (χ4v) is 5.06. The van der Waals surface area contributed by atoms with E-state index in [9.17, 15) is 13.2 Å². The first kappa shape index (κ1) is 20.3. The van der Waals surface area contributed by atoms with Gasteiger partial charge >= 0.3 is 0 Å². The van der Waals surface area contributed by atoms with Crippen LogP contribution in [0.2, 0.25) is 0 Å². The van der Waals surface area contributed by atoms with E-state index in [1.807, 2.05) is 13.1 Å². The predicted octanol–water partition coefficient (Wildman–Crippen LogP) is 0.761. The molecule has 3 rings (SSSR count). The highest BCUT2D eigenvalue weighted by atomic mass is 127. The van der Waals surface area contributed by atoms with Crippen molar-refractivity contribution in [2.24, 2.45) is 7.05 Å². The standard InChI is InChI=1S/C16H23IN6O3S/c1-12-14(17)11-22(19-12)5-4-16(24)21-6-8-23(9-7-21)27(25,26)15-10-18-20(3)13(15)2/h10-11H,4-9H2,1-3H3. The van der Waals surface area contributed by atoms with Crippen molar-refractivity contribution in [3.63, 3.8) is 0 Å². The predicted molar refractivity (Wildman–Crippen MR) is 108 cm³/mol. The van der Waals surface area contributed by atoms with Gasteiger partial charge in [0.15, 0.2) is 0 Å². The zero-order valence-electron chi connectivity index (χ0n) is 15.6. The molecule has 2 aromatic rings. The van der Waals surface area contributed by atoms with Crippen LogP contribution in [0.3, 0.4) is 0 Å². The van der Waals surface area contributed by atoms with Crippen molar-refractivity contribution in [1.82, 2.24) is 28.8 Å². The van der Waals surface area contributed by atoms with Crippen LogP contribution in [-0.4, -0.2) is 69.3 Å². The van der Waals surface area contributed by atoms with Crippen molar-refractivity contribution >= 4 is 38.5 Å². The number of aryl methyl sites for hydroxylation is 3. The third-order valence-corrected chi connectivity index (χ3v) is 7.90. The lowest BCUT2D eigenvalue weighted by Gasteiger charge is -2.34. The van der Waals surface area contributed by atoms with Gasteiger partial charge in [0, 0.05) is 52.4 Å². The Morgan fingerprint density at radius 1 is 1.22 bits per heavy atom. The minimum atomic E-state index is -3.58. The van der Waals surface area contributed by atoms with E-state index in [2.05, 4.69) is 32.8 Å². The quantitative estimate of drug-likeness (QED) is 0.559. The van der Waals surface area contributed by atoms with Gasteiger partial charge in [-0.3, -0.25) is 14.2 Å². The van der Waals surface area contributed by atoms with Crippen LogP contribution in [0, 0.1) is 17.4 Å². The topological polar surface area (TPSA) is 93.3 Å². The monoisotopic (exact) mass is 506 g/mol. The molecule has 1 aliphatic rings. The molecule has 0 saturated carbocycles. The zero-order chi connectivity index (χ0) is 19.8. The van der Waals surface area contributed by atoms with Crippen LogP contribution in [-0.2, 0) is 28.4 Å². The highest BCUT2D eigenvalue weighted by Crippen LogP contribution is 2.20. The lowest BCUT2D eigenvalue weighted by Crippen LogP contribution is -2.50. The SMILES string of the molecule is Cc1nn(CCC(=O)N2CCN(S(=O)(=O)c3cnn(C)c3C)CC2)cc1I. The summed E-state index contributed by atoms with van der Waals surface area (Å²) in [4.78, 5) is 14.4. The Morgan fingerprint density at radius 3 is 2.41 bits per heavy atom. The third kappa shape index (κ3) is 4.19. The number of hydrogen-bond acceptors (Lipinski definition) is 5. The Balaban J connectivity index is 1.56. The summed E-state index contributed by atoms with van der Waals surface area (Å²) >= 11 is 2.22. The maximum Gasteiger partial charge on any atom is 0.246 e. The van der Waals surface area contributed by atoms with E-state index in [1.54, 1.807) is 28.2 Å². The van der Waals surface area contributed by atoms with Gasteiger partial charge in [-0.1, -0.05) is 0 Å². The van der Waals surface area contributed by atoms with Crippen LogP contribution in [0.1, 0.15) is 17.8 Å². The molecule has 1 fully saturated rings. The van der Waals surface area contributed by atoms with E-state index in [4.69, 9.17) is 0 Å².